The molecule has 1 aliphatic heterocycles. The molecule has 0 aromatic carbocycles. The van der Waals surface area contributed by atoms with Crippen molar-refractivity contribution in [2.45, 2.75) is 42.3 Å². The summed E-state index contributed by atoms with van der Waals surface area (Å²) >= 11 is 0. The minimum Gasteiger partial charge on any atom is -0.250 e. The van der Waals surface area contributed by atoms with E-state index in [1.54, 1.807) is 0 Å². The molecule has 0 aromatic rings. The van der Waals surface area contributed by atoms with E-state index in [2.05, 4.69) is 0 Å². The summed E-state index contributed by atoms with van der Waals surface area (Å²) in [4.78, 5) is 0. The Morgan fingerprint density at radius 3 is 1.65 bits per heavy atom. The molecule has 13 heteroatoms. The minimum atomic E-state index is -6.72. The van der Waals surface area contributed by atoms with Gasteiger partial charge in [0.05, 0.1) is 0 Å². The second-order valence-corrected chi connectivity index (χ2v) is 3.78. The number of hydrogen-bond acceptors (Lipinski definition) is 1. The molecule has 0 saturated carbocycles. The monoisotopic (exact) mass is 330 g/mol. The van der Waals surface area contributed by atoms with Crippen molar-refractivity contribution in [3.8, 4) is 0 Å². The van der Waals surface area contributed by atoms with Crippen LogP contribution >= 0.6 is 0 Å². The Morgan fingerprint density at radius 2 is 1.30 bits per heavy atom. The van der Waals surface area contributed by atoms with Crippen LogP contribution in [0.3, 0.4) is 0 Å². The van der Waals surface area contributed by atoms with Crippen molar-refractivity contribution in [2.75, 3.05) is 0 Å². The topological polar surface area (TPSA) is 9.23 Å². The lowest BCUT2D eigenvalue weighted by molar-refractivity contribution is -0.509. The van der Waals surface area contributed by atoms with Crippen molar-refractivity contribution in [1.29, 1.82) is 0 Å². The number of hydrogen-bond donors (Lipinski definition) is 0. The highest BCUT2D eigenvalue weighted by molar-refractivity contribution is 5.14. The fourth-order valence-electron chi connectivity index (χ4n) is 1.43. The first-order valence-corrected chi connectivity index (χ1v) is 4.39. The SMILES string of the molecule is FC1C(F)(F)OC(F)(F)C(F)(C(F)C(F)(F)F)C1(F)F. The Hall–Kier alpha value is -0.880. The van der Waals surface area contributed by atoms with E-state index in [1.807, 2.05) is 4.74 Å². The summed E-state index contributed by atoms with van der Waals surface area (Å²) in [7, 11) is 0. The predicted molar refractivity (Wildman–Crippen MR) is 35.6 cm³/mol. The quantitative estimate of drug-likeness (QED) is 0.665. The molecule has 1 saturated heterocycles. The van der Waals surface area contributed by atoms with Crippen molar-refractivity contribution < 1.29 is 57.4 Å². The number of halogens is 12. The molecule has 0 radical (unpaired) electrons. The Labute approximate surface area is 101 Å². The van der Waals surface area contributed by atoms with Gasteiger partial charge in [0, 0.05) is 0 Å². The summed E-state index contributed by atoms with van der Waals surface area (Å²) in [5.74, 6) is -6.72. The van der Waals surface area contributed by atoms with Crippen molar-refractivity contribution in [3.63, 3.8) is 0 Å². The maximum atomic E-state index is 13.3. The van der Waals surface area contributed by atoms with Crippen LogP contribution in [-0.4, -0.2) is 42.3 Å². The Kier molecular flexibility index (Phi) is 3.50. The van der Waals surface area contributed by atoms with E-state index < -0.39 is 42.3 Å². The molecule has 1 rings (SSSR count). The van der Waals surface area contributed by atoms with Gasteiger partial charge in [-0.1, -0.05) is 0 Å². The van der Waals surface area contributed by atoms with E-state index in [9.17, 15) is 52.7 Å². The van der Waals surface area contributed by atoms with Crippen molar-refractivity contribution in [3.05, 3.63) is 0 Å². The fourth-order valence-corrected chi connectivity index (χ4v) is 1.43. The number of ether oxygens (including phenoxy) is 1. The van der Waals surface area contributed by atoms with Crippen molar-refractivity contribution >= 4 is 0 Å². The molecule has 0 aromatic heterocycles. The van der Waals surface area contributed by atoms with Gasteiger partial charge in [-0.05, 0) is 0 Å². The molecule has 0 N–H and O–H groups in total. The molecule has 1 fully saturated rings. The standard InChI is InChI=1S/C7H2F12O/c8-1(5(13,14)15)3(10)4(11,12)2(9)6(16,17)20-7(3,18)19/h1-2H. The summed E-state index contributed by atoms with van der Waals surface area (Å²) in [6, 6.07) is 0. The van der Waals surface area contributed by atoms with E-state index in [-0.39, 0.29) is 0 Å². The van der Waals surface area contributed by atoms with Crippen LogP contribution in [0, 0.1) is 0 Å². The van der Waals surface area contributed by atoms with Gasteiger partial charge in [0.2, 0.25) is 6.17 Å². The maximum absolute atomic E-state index is 13.3. The fraction of sp³-hybridized carbons (Fsp3) is 1.00. The highest BCUT2D eigenvalue weighted by Crippen LogP contribution is 2.60. The lowest BCUT2D eigenvalue weighted by Crippen LogP contribution is -2.76. The van der Waals surface area contributed by atoms with Gasteiger partial charge in [-0.3, -0.25) is 0 Å². The smallest absolute Gasteiger partial charge is 0.250 e. The van der Waals surface area contributed by atoms with Crippen LogP contribution in [0.1, 0.15) is 0 Å². The van der Waals surface area contributed by atoms with Crippen LogP contribution in [0.25, 0.3) is 0 Å². The normalized spacial score (nSPS) is 37.5. The molecule has 0 aliphatic carbocycles. The molecular formula is C7H2F12O. The zero-order chi connectivity index (χ0) is 16.4. The van der Waals surface area contributed by atoms with Crippen LogP contribution in [0.5, 0.6) is 0 Å². The molecule has 3 atom stereocenters. The van der Waals surface area contributed by atoms with E-state index in [4.69, 9.17) is 0 Å². The van der Waals surface area contributed by atoms with Crippen LogP contribution in [0.15, 0.2) is 0 Å². The van der Waals surface area contributed by atoms with Crippen molar-refractivity contribution in [1.82, 2.24) is 0 Å². The molecule has 0 amide bonds. The summed E-state index contributed by atoms with van der Waals surface area (Å²) < 4.78 is 152. The lowest BCUT2D eigenvalue weighted by atomic mass is 9.84. The Morgan fingerprint density at radius 1 is 0.900 bits per heavy atom. The Bertz CT molecular complexity index is 388. The highest BCUT2D eigenvalue weighted by atomic mass is 19.4. The van der Waals surface area contributed by atoms with Crippen LogP contribution in [0.4, 0.5) is 52.7 Å². The maximum Gasteiger partial charge on any atom is 0.423 e. The molecule has 0 spiro atoms. The summed E-state index contributed by atoms with van der Waals surface area (Å²) in [5, 5.41) is 0. The summed E-state index contributed by atoms with van der Waals surface area (Å²) in [5.41, 5.74) is -6.70. The van der Waals surface area contributed by atoms with Gasteiger partial charge in [0.25, 0.3) is 6.17 Å². The van der Waals surface area contributed by atoms with Gasteiger partial charge in [0.1, 0.15) is 0 Å². The van der Waals surface area contributed by atoms with Gasteiger partial charge in [-0.15, -0.1) is 0 Å². The van der Waals surface area contributed by atoms with Gasteiger partial charge < -0.3 is 0 Å². The summed E-state index contributed by atoms with van der Waals surface area (Å²) in [6.45, 7) is 0. The minimum absolute atomic E-state index is 2.00. The molecule has 0 bridgehead atoms. The molecule has 3 unspecified atom stereocenters. The molecule has 1 nitrogen and oxygen atoms in total. The van der Waals surface area contributed by atoms with Gasteiger partial charge in [-0.25, -0.2) is 17.9 Å². The first-order valence-electron chi connectivity index (χ1n) is 4.39. The third-order valence-corrected chi connectivity index (χ3v) is 2.42. The highest BCUT2D eigenvalue weighted by Gasteiger charge is 2.89. The zero-order valence-corrected chi connectivity index (χ0v) is 8.60. The first-order chi connectivity index (χ1) is 8.52. The third-order valence-electron chi connectivity index (χ3n) is 2.42. The van der Waals surface area contributed by atoms with Gasteiger partial charge in [0.15, 0.2) is 0 Å². The molecule has 120 valence electrons. The lowest BCUT2D eigenvalue weighted by Gasteiger charge is -2.47. The van der Waals surface area contributed by atoms with E-state index in [0.717, 1.165) is 0 Å². The number of alkyl halides is 12. The summed E-state index contributed by atoms with van der Waals surface area (Å²) in [6.07, 6.45) is -30.2. The average molecular weight is 330 g/mol. The van der Waals surface area contributed by atoms with Gasteiger partial charge in [-0.2, -0.15) is 39.5 Å². The van der Waals surface area contributed by atoms with E-state index in [1.165, 1.54) is 0 Å². The van der Waals surface area contributed by atoms with Crippen LogP contribution < -0.4 is 0 Å². The zero-order valence-electron chi connectivity index (χ0n) is 8.60. The average Bonchev–Trinajstić information content (AvgIpc) is 2.21. The Balaban J connectivity index is 3.50. The van der Waals surface area contributed by atoms with Gasteiger partial charge >= 0.3 is 30.0 Å². The second kappa shape index (κ2) is 4.07. The van der Waals surface area contributed by atoms with E-state index >= 15 is 0 Å². The third kappa shape index (κ3) is 2.00. The van der Waals surface area contributed by atoms with E-state index in [0.29, 0.717) is 0 Å². The largest absolute Gasteiger partial charge is 0.423 e. The molecule has 20 heavy (non-hydrogen) atoms. The second-order valence-electron chi connectivity index (χ2n) is 3.78. The number of rotatable bonds is 1. The molecule has 1 heterocycles. The van der Waals surface area contributed by atoms with Crippen LogP contribution in [0.2, 0.25) is 0 Å². The van der Waals surface area contributed by atoms with Crippen molar-refractivity contribution in [2.24, 2.45) is 0 Å². The first kappa shape index (κ1) is 17.2. The molecular weight excluding hydrogens is 328 g/mol. The van der Waals surface area contributed by atoms with Crippen LogP contribution in [-0.2, 0) is 4.74 Å². The molecule has 1 aliphatic rings. The predicted octanol–water partition coefficient (Wildman–Crippen LogP) is 3.78.